The third-order valence-corrected chi connectivity index (χ3v) is 3.83. The lowest BCUT2D eigenvalue weighted by Crippen LogP contribution is -2.27. The highest BCUT2D eigenvalue weighted by Crippen LogP contribution is 2.17. The van der Waals surface area contributed by atoms with Crippen molar-refractivity contribution < 1.29 is 9.32 Å². The first-order valence-corrected chi connectivity index (χ1v) is 7.38. The second-order valence-corrected chi connectivity index (χ2v) is 5.31. The summed E-state index contributed by atoms with van der Waals surface area (Å²) in [6.07, 6.45) is 1.11. The van der Waals surface area contributed by atoms with Gasteiger partial charge in [0, 0.05) is 11.9 Å². The quantitative estimate of drug-likeness (QED) is 0.784. The van der Waals surface area contributed by atoms with Gasteiger partial charge in [0.15, 0.2) is 5.58 Å². The highest BCUT2D eigenvalue weighted by atomic mass is 32.1. The van der Waals surface area contributed by atoms with Crippen molar-refractivity contribution in [2.24, 2.45) is 0 Å². The number of hydrogen-bond donors (Lipinski definition) is 1. The molecule has 0 saturated heterocycles. The maximum Gasteiger partial charge on any atom is 0.226 e. The molecule has 1 amide bonds. The van der Waals surface area contributed by atoms with E-state index in [-0.39, 0.29) is 12.3 Å². The molecule has 0 spiro atoms. The minimum Gasteiger partial charge on any atom is -0.356 e. The number of hydrogen-bond acceptors (Lipinski definition) is 4. The number of amides is 1. The van der Waals surface area contributed by atoms with E-state index < -0.39 is 0 Å². The number of rotatable bonds is 5. The normalized spacial score (nSPS) is 10.8. The summed E-state index contributed by atoms with van der Waals surface area (Å²) in [5.41, 5.74) is 2.66. The van der Waals surface area contributed by atoms with Crippen LogP contribution in [0.2, 0.25) is 0 Å². The first-order valence-electron chi connectivity index (χ1n) is 6.44. The lowest BCUT2D eigenvalue weighted by Gasteiger charge is -2.02. The van der Waals surface area contributed by atoms with Crippen LogP contribution >= 0.6 is 11.3 Å². The van der Waals surface area contributed by atoms with Crippen LogP contribution in [0.3, 0.4) is 0 Å². The third kappa shape index (κ3) is 2.88. The van der Waals surface area contributed by atoms with Gasteiger partial charge in [-0.05, 0) is 40.9 Å². The molecule has 0 fully saturated rings. The number of benzene rings is 1. The van der Waals surface area contributed by atoms with Gasteiger partial charge >= 0.3 is 0 Å². The standard InChI is InChI=1S/C15H14N2O2S/c18-15(16-7-5-11-6-8-20-10-11)9-13-12-3-1-2-4-14(12)19-17-13/h1-4,6,8,10H,5,7,9H2,(H,16,18). The van der Waals surface area contributed by atoms with E-state index in [0.717, 1.165) is 11.8 Å². The van der Waals surface area contributed by atoms with Crippen LogP contribution < -0.4 is 5.32 Å². The van der Waals surface area contributed by atoms with E-state index in [1.807, 2.05) is 29.6 Å². The molecule has 20 heavy (non-hydrogen) atoms. The van der Waals surface area contributed by atoms with Crippen LogP contribution in [0.1, 0.15) is 11.3 Å². The summed E-state index contributed by atoms with van der Waals surface area (Å²) in [7, 11) is 0. The first kappa shape index (κ1) is 12.9. The van der Waals surface area contributed by atoms with E-state index in [1.54, 1.807) is 11.3 Å². The van der Waals surface area contributed by atoms with Crippen LogP contribution in [0.4, 0.5) is 0 Å². The highest BCUT2D eigenvalue weighted by molar-refractivity contribution is 7.07. The van der Waals surface area contributed by atoms with E-state index in [0.29, 0.717) is 17.8 Å². The van der Waals surface area contributed by atoms with Gasteiger partial charge in [-0.15, -0.1) is 0 Å². The van der Waals surface area contributed by atoms with Crippen LogP contribution in [0, 0.1) is 0 Å². The summed E-state index contributed by atoms with van der Waals surface area (Å²) in [5.74, 6) is -0.0284. The van der Waals surface area contributed by atoms with Gasteiger partial charge in [0.1, 0.15) is 5.69 Å². The van der Waals surface area contributed by atoms with Crippen molar-refractivity contribution in [1.82, 2.24) is 10.5 Å². The average molecular weight is 286 g/mol. The van der Waals surface area contributed by atoms with Crippen molar-refractivity contribution in [2.75, 3.05) is 6.54 Å². The monoisotopic (exact) mass is 286 g/mol. The molecule has 1 aromatic carbocycles. The zero-order valence-corrected chi connectivity index (χ0v) is 11.7. The second kappa shape index (κ2) is 5.88. The van der Waals surface area contributed by atoms with E-state index in [2.05, 4.69) is 21.9 Å². The Morgan fingerprint density at radius 2 is 2.20 bits per heavy atom. The lowest BCUT2D eigenvalue weighted by atomic mass is 10.1. The van der Waals surface area contributed by atoms with Gasteiger partial charge in [-0.2, -0.15) is 11.3 Å². The Balaban J connectivity index is 1.56. The van der Waals surface area contributed by atoms with Crippen LogP contribution in [0.15, 0.2) is 45.6 Å². The number of para-hydroxylation sites is 1. The molecular weight excluding hydrogens is 272 g/mol. The summed E-state index contributed by atoms with van der Waals surface area (Å²) < 4.78 is 5.18. The van der Waals surface area contributed by atoms with Crippen molar-refractivity contribution in [3.8, 4) is 0 Å². The average Bonchev–Trinajstić information content (AvgIpc) is 3.09. The molecule has 2 aromatic heterocycles. The molecule has 3 rings (SSSR count). The van der Waals surface area contributed by atoms with Gasteiger partial charge in [-0.1, -0.05) is 17.3 Å². The largest absolute Gasteiger partial charge is 0.356 e. The SMILES string of the molecule is O=C(Cc1noc2ccccc12)NCCc1ccsc1. The molecule has 2 heterocycles. The molecule has 0 saturated carbocycles. The van der Waals surface area contributed by atoms with Crippen LogP contribution in [-0.2, 0) is 17.6 Å². The van der Waals surface area contributed by atoms with E-state index in [1.165, 1.54) is 5.56 Å². The fraction of sp³-hybridized carbons (Fsp3) is 0.200. The Kier molecular flexibility index (Phi) is 3.78. The molecule has 0 radical (unpaired) electrons. The highest BCUT2D eigenvalue weighted by Gasteiger charge is 2.11. The summed E-state index contributed by atoms with van der Waals surface area (Å²) >= 11 is 1.67. The van der Waals surface area contributed by atoms with Gasteiger partial charge in [0.2, 0.25) is 5.91 Å². The Morgan fingerprint density at radius 1 is 1.30 bits per heavy atom. The second-order valence-electron chi connectivity index (χ2n) is 4.53. The van der Waals surface area contributed by atoms with Gasteiger partial charge < -0.3 is 9.84 Å². The Labute approximate surface area is 120 Å². The van der Waals surface area contributed by atoms with Crippen LogP contribution in [-0.4, -0.2) is 17.6 Å². The maximum atomic E-state index is 11.9. The number of fused-ring (bicyclic) bond motifs is 1. The van der Waals surface area contributed by atoms with Gasteiger partial charge in [-0.3, -0.25) is 4.79 Å². The van der Waals surface area contributed by atoms with Gasteiger partial charge in [-0.25, -0.2) is 0 Å². The zero-order chi connectivity index (χ0) is 13.8. The van der Waals surface area contributed by atoms with Crippen molar-refractivity contribution in [3.05, 3.63) is 52.3 Å². The fourth-order valence-corrected chi connectivity index (χ4v) is 2.76. The number of thiophene rings is 1. The minimum absolute atomic E-state index is 0.0284. The van der Waals surface area contributed by atoms with Crippen molar-refractivity contribution in [2.45, 2.75) is 12.8 Å². The fourth-order valence-electron chi connectivity index (χ4n) is 2.06. The molecular formula is C15H14N2O2S. The molecule has 0 atom stereocenters. The number of nitrogens with zero attached hydrogens (tertiary/aromatic N) is 1. The van der Waals surface area contributed by atoms with Crippen molar-refractivity contribution >= 4 is 28.2 Å². The Bertz CT molecular complexity index is 704. The number of carbonyl (C=O) groups is 1. The maximum absolute atomic E-state index is 11.9. The molecule has 5 heteroatoms. The zero-order valence-electron chi connectivity index (χ0n) is 10.8. The molecule has 3 aromatic rings. The smallest absolute Gasteiger partial charge is 0.226 e. The number of aromatic nitrogens is 1. The molecule has 0 aliphatic rings. The van der Waals surface area contributed by atoms with Crippen LogP contribution in [0.5, 0.6) is 0 Å². The first-order chi connectivity index (χ1) is 9.83. The number of nitrogens with one attached hydrogen (secondary N) is 1. The van der Waals surface area contributed by atoms with E-state index >= 15 is 0 Å². The molecule has 0 bridgehead atoms. The van der Waals surface area contributed by atoms with Crippen molar-refractivity contribution in [3.63, 3.8) is 0 Å². The summed E-state index contributed by atoms with van der Waals surface area (Å²) in [6.45, 7) is 0.644. The molecule has 1 N–H and O–H groups in total. The predicted octanol–water partition coefficient (Wildman–Crippen LogP) is 2.79. The van der Waals surface area contributed by atoms with E-state index in [9.17, 15) is 4.79 Å². The van der Waals surface area contributed by atoms with Crippen LogP contribution in [0.25, 0.3) is 11.0 Å². The van der Waals surface area contributed by atoms with Crippen molar-refractivity contribution in [1.29, 1.82) is 0 Å². The molecule has 4 nitrogen and oxygen atoms in total. The van der Waals surface area contributed by atoms with Gasteiger partial charge in [0.25, 0.3) is 0 Å². The summed E-state index contributed by atoms with van der Waals surface area (Å²) in [4.78, 5) is 11.9. The molecule has 0 unspecified atom stereocenters. The predicted molar refractivity (Wildman–Crippen MR) is 78.7 cm³/mol. The summed E-state index contributed by atoms with van der Waals surface area (Å²) in [5, 5.41) is 11.9. The van der Waals surface area contributed by atoms with E-state index in [4.69, 9.17) is 4.52 Å². The third-order valence-electron chi connectivity index (χ3n) is 3.10. The minimum atomic E-state index is -0.0284. The van der Waals surface area contributed by atoms with Gasteiger partial charge in [0.05, 0.1) is 6.42 Å². The Hall–Kier alpha value is -2.14. The molecule has 0 aliphatic carbocycles. The molecule has 0 aliphatic heterocycles. The topological polar surface area (TPSA) is 55.1 Å². The Morgan fingerprint density at radius 3 is 3.05 bits per heavy atom. The lowest BCUT2D eigenvalue weighted by molar-refractivity contribution is -0.120. The summed E-state index contributed by atoms with van der Waals surface area (Å²) in [6, 6.07) is 9.64. The molecule has 102 valence electrons. The number of carbonyl (C=O) groups excluding carboxylic acids is 1.